The van der Waals surface area contributed by atoms with Crippen LogP contribution in [0, 0.1) is 11.3 Å². The van der Waals surface area contributed by atoms with Crippen LogP contribution in [0.25, 0.3) is 0 Å². The summed E-state index contributed by atoms with van der Waals surface area (Å²) >= 11 is 0. The van der Waals surface area contributed by atoms with Gasteiger partial charge in [0.1, 0.15) is 11.9 Å². The molecule has 0 aliphatic heterocycles. The Balaban J connectivity index is 3.03. The monoisotopic (exact) mass is 163 g/mol. The van der Waals surface area contributed by atoms with Gasteiger partial charge in [-0.15, -0.1) is 0 Å². The van der Waals surface area contributed by atoms with Crippen molar-refractivity contribution in [3.8, 4) is 6.07 Å². The first kappa shape index (κ1) is 8.73. The Bertz CT molecular complexity index is 302. The Labute approximate surface area is 71.5 Å². The molecular formula is C10H10FN. The van der Waals surface area contributed by atoms with Crippen LogP contribution in [-0.4, -0.2) is 0 Å². The molecule has 0 saturated carbocycles. The van der Waals surface area contributed by atoms with E-state index in [1.807, 2.05) is 19.1 Å². The molecule has 0 heterocycles. The van der Waals surface area contributed by atoms with E-state index in [-0.39, 0.29) is 5.57 Å². The van der Waals surface area contributed by atoms with Gasteiger partial charge in [-0.25, -0.2) is 4.39 Å². The first-order valence-corrected chi connectivity index (χ1v) is 3.88. The normalized spacial score (nSPS) is 30.9. The summed E-state index contributed by atoms with van der Waals surface area (Å²) in [5.74, 6) is -0.398. The maximum Gasteiger partial charge on any atom is 0.136 e. The first-order chi connectivity index (χ1) is 5.74. The molecular weight excluding hydrogens is 153 g/mol. The maximum absolute atomic E-state index is 13.0. The standard InChI is InChI=1S/C10H10FN/c1-8-4-2-3-5-10(11)9(6-8)7-12/h4-6H,2-3H2,1H3/b8-4-,9-6-,10-5-. The number of hydrogen-bond donors (Lipinski definition) is 0. The number of allylic oxidation sites excluding steroid dienone is 6. The molecule has 1 nitrogen and oxygen atoms in total. The molecule has 0 bridgehead atoms. The lowest BCUT2D eigenvalue weighted by atomic mass is 10.1. The summed E-state index contributed by atoms with van der Waals surface area (Å²) in [6, 6.07) is 1.83. The molecule has 0 aromatic rings. The molecule has 1 aliphatic rings. The van der Waals surface area contributed by atoms with E-state index in [4.69, 9.17) is 5.26 Å². The van der Waals surface area contributed by atoms with Gasteiger partial charge in [0.2, 0.25) is 0 Å². The van der Waals surface area contributed by atoms with Gasteiger partial charge in [0.05, 0.1) is 5.57 Å². The SMILES string of the molecule is CC1=C/CC/C=C(F)/C(C#N)=C\1. The molecule has 0 atom stereocenters. The number of halogens is 1. The lowest BCUT2D eigenvalue weighted by molar-refractivity contribution is 0.649. The third-order valence-electron chi connectivity index (χ3n) is 1.71. The highest BCUT2D eigenvalue weighted by atomic mass is 19.1. The maximum atomic E-state index is 13.0. The highest BCUT2D eigenvalue weighted by Crippen LogP contribution is 2.17. The van der Waals surface area contributed by atoms with Crippen LogP contribution in [0.1, 0.15) is 19.8 Å². The second-order valence-electron chi connectivity index (χ2n) is 2.75. The molecule has 0 aromatic heterocycles. The summed E-state index contributed by atoms with van der Waals surface area (Å²) in [7, 11) is 0. The zero-order chi connectivity index (χ0) is 8.97. The largest absolute Gasteiger partial charge is 0.206 e. The van der Waals surface area contributed by atoms with Gasteiger partial charge in [-0.05, 0) is 31.9 Å². The number of hydrogen-bond acceptors (Lipinski definition) is 1. The van der Waals surface area contributed by atoms with Gasteiger partial charge >= 0.3 is 0 Å². The highest BCUT2D eigenvalue weighted by molar-refractivity contribution is 5.43. The van der Waals surface area contributed by atoms with Crippen LogP contribution in [0.4, 0.5) is 4.39 Å². The molecule has 0 amide bonds. The van der Waals surface area contributed by atoms with Gasteiger partial charge in [-0.1, -0.05) is 11.6 Å². The molecule has 0 spiro atoms. The lowest BCUT2D eigenvalue weighted by Crippen LogP contribution is -1.85. The van der Waals surface area contributed by atoms with Crippen molar-refractivity contribution in [1.82, 2.24) is 0 Å². The second-order valence-corrected chi connectivity index (χ2v) is 2.75. The third-order valence-corrected chi connectivity index (χ3v) is 1.71. The van der Waals surface area contributed by atoms with Crippen LogP contribution in [0.5, 0.6) is 0 Å². The van der Waals surface area contributed by atoms with E-state index >= 15 is 0 Å². The fourth-order valence-corrected chi connectivity index (χ4v) is 1.07. The van der Waals surface area contributed by atoms with Crippen molar-refractivity contribution in [3.05, 3.63) is 35.2 Å². The zero-order valence-corrected chi connectivity index (χ0v) is 6.97. The first-order valence-electron chi connectivity index (χ1n) is 3.88. The Hall–Kier alpha value is -1.36. The van der Waals surface area contributed by atoms with Gasteiger partial charge in [-0.2, -0.15) is 5.26 Å². The quantitative estimate of drug-likeness (QED) is 0.538. The molecule has 1 rings (SSSR count). The Morgan fingerprint density at radius 3 is 2.75 bits per heavy atom. The van der Waals surface area contributed by atoms with Crippen LogP contribution in [0.3, 0.4) is 0 Å². The topological polar surface area (TPSA) is 23.8 Å². The summed E-state index contributed by atoms with van der Waals surface area (Å²) in [4.78, 5) is 0. The molecule has 62 valence electrons. The van der Waals surface area contributed by atoms with Crippen LogP contribution in [-0.2, 0) is 0 Å². The van der Waals surface area contributed by atoms with Crippen molar-refractivity contribution in [2.45, 2.75) is 19.8 Å². The molecule has 1 aliphatic carbocycles. The van der Waals surface area contributed by atoms with Crippen molar-refractivity contribution in [2.75, 3.05) is 0 Å². The Morgan fingerprint density at radius 1 is 1.42 bits per heavy atom. The average Bonchev–Trinajstić information content (AvgIpc) is 2.05. The van der Waals surface area contributed by atoms with Crippen LogP contribution in [0.2, 0.25) is 0 Å². The smallest absolute Gasteiger partial charge is 0.136 e. The minimum atomic E-state index is -0.398. The van der Waals surface area contributed by atoms with E-state index in [1.54, 1.807) is 6.08 Å². The van der Waals surface area contributed by atoms with E-state index in [1.165, 1.54) is 6.08 Å². The summed E-state index contributed by atoms with van der Waals surface area (Å²) < 4.78 is 13.0. The van der Waals surface area contributed by atoms with Crippen LogP contribution < -0.4 is 0 Å². The van der Waals surface area contributed by atoms with Crippen molar-refractivity contribution in [3.63, 3.8) is 0 Å². The fraction of sp³-hybridized carbons (Fsp3) is 0.300. The highest BCUT2D eigenvalue weighted by Gasteiger charge is 2.04. The molecule has 0 radical (unpaired) electrons. The number of rotatable bonds is 0. The fourth-order valence-electron chi connectivity index (χ4n) is 1.07. The van der Waals surface area contributed by atoms with E-state index in [9.17, 15) is 4.39 Å². The summed E-state index contributed by atoms with van der Waals surface area (Å²) in [6.45, 7) is 1.87. The molecule has 0 aromatic carbocycles. The number of nitriles is 1. The van der Waals surface area contributed by atoms with E-state index < -0.39 is 5.83 Å². The second kappa shape index (κ2) is 3.87. The van der Waals surface area contributed by atoms with Gasteiger partial charge in [-0.3, -0.25) is 0 Å². The molecule has 0 unspecified atom stereocenters. The van der Waals surface area contributed by atoms with Gasteiger partial charge < -0.3 is 0 Å². The van der Waals surface area contributed by atoms with E-state index in [0.29, 0.717) is 6.42 Å². The van der Waals surface area contributed by atoms with Crippen LogP contribution in [0.15, 0.2) is 35.2 Å². The predicted molar refractivity (Wildman–Crippen MR) is 45.9 cm³/mol. The zero-order valence-electron chi connectivity index (χ0n) is 6.97. The van der Waals surface area contributed by atoms with Crippen molar-refractivity contribution in [2.24, 2.45) is 0 Å². The third kappa shape index (κ3) is 2.06. The van der Waals surface area contributed by atoms with Gasteiger partial charge in [0.15, 0.2) is 0 Å². The summed E-state index contributed by atoms with van der Waals surface area (Å²) in [5.41, 5.74) is 1.08. The Morgan fingerprint density at radius 2 is 2.08 bits per heavy atom. The van der Waals surface area contributed by atoms with Crippen molar-refractivity contribution >= 4 is 0 Å². The lowest BCUT2D eigenvalue weighted by Gasteiger charge is -2.00. The predicted octanol–water partition coefficient (Wildman–Crippen LogP) is 3.03. The van der Waals surface area contributed by atoms with E-state index in [2.05, 4.69) is 0 Å². The van der Waals surface area contributed by atoms with Gasteiger partial charge in [0.25, 0.3) is 0 Å². The van der Waals surface area contributed by atoms with E-state index in [0.717, 1.165) is 12.0 Å². The average molecular weight is 163 g/mol. The Kier molecular flexibility index (Phi) is 2.82. The number of nitrogens with zero attached hydrogens (tertiary/aromatic N) is 1. The minimum absolute atomic E-state index is 0.128. The van der Waals surface area contributed by atoms with Gasteiger partial charge in [0, 0.05) is 0 Å². The van der Waals surface area contributed by atoms with Crippen LogP contribution >= 0.6 is 0 Å². The molecule has 2 heteroatoms. The summed E-state index contributed by atoms with van der Waals surface area (Å²) in [5, 5.41) is 8.57. The molecule has 0 fully saturated rings. The van der Waals surface area contributed by atoms with Crippen molar-refractivity contribution < 1.29 is 4.39 Å². The minimum Gasteiger partial charge on any atom is -0.206 e. The molecule has 12 heavy (non-hydrogen) atoms. The van der Waals surface area contributed by atoms with Crippen molar-refractivity contribution in [1.29, 1.82) is 5.26 Å². The molecule has 0 saturated heterocycles. The summed E-state index contributed by atoms with van der Waals surface area (Å²) in [6.07, 6.45) is 6.54. The molecule has 0 N–H and O–H groups in total.